The van der Waals surface area contributed by atoms with Crippen molar-refractivity contribution in [2.45, 2.75) is 54.9 Å². The molecule has 8 bridgehead atoms. The molecule has 6 rings (SSSR count). The van der Waals surface area contributed by atoms with Gasteiger partial charge >= 0.3 is 0 Å². The first-order valence-corrected chi connectivity index (χ1v) is 12.2. The van der Waals surface area contributed by atoms with Crippen LogP contribution in [-0.2, 0) is 0 Å². The van der Waals surface area contributed by atoms with E-state index in [9.17, 15) is 4.79 Å². The Kier molecular flexibility index (Phi) is 4.35. The summed E-state index contributed by atoms with van der Waals surface area (Å²) in [5.74, 6) is 0.434. The number of hydrogen-bond acceptors (Lipinski definition) is 2. The van der Waals surface area contributed by atoms with E-state index in [0.717, 1.165) is 56.6 Å². The fraction of sp³-hybridized carbons (Fsp3) is 0.345. The molecular formula is C29H32N4O. The van der Waals surface area contributed by atoms with Gasteiger partial charge in [-0.2, -0.15) is 0 Å². The van der Waals surface area contributed by atoms with Crippen LogP contribution in [0.3, 0.4) is 0 Å². The Labute approximate surface area is 199 Å². The van der Waals surface area contributed by atoms with E-state index in [-0.39, 0.29) is 11.7 Å². The van der Waals surface area contributed by atoms with Crippen LogP contribution in [0.2, 0.25) is 0 Å². The molecule has 0 amide bonds. The fourth-order valence-corrected chi connectivity index (χ4v) is 5.86. The van der Waals surface area contributed by atoms with Gasteiger partial charge in [0, 0.05) is 62.1 Å². The fourth-order valence-electron chi connectivity index (χ4n) is 5.86. The quantitative estimate of drug-likeness (QED) is 0.408. The lowest BCUT2D eigenvalue weighted by atomic mass is 9.97. The number of aromatic amines is 3. The molecule has 0 spiro atoms. The van der Waals surface area contributed by atoms with Gasteiger partial charge in [0.1, 0.15) is 0 Å². The van der Waals surface area contributed by atoms with Crippen LogP contribution >= 0.6 is 0 Å². The molecule has 2 aliphatic heterocycles. The maximum Gasteiger partial charge on any atom is 0.172 e. The Morgan fingerprint density at radius 3 is 1.97 bits per heavy atom. The van der Waals surface area contributed by atoms with E-state index < -0.39 is 0 Å². The Morgan fingerprint density at radius 1 is 0.735 bits per heavy atom. The minimum absolute atomic E-state index is 0.140. The highest BCUT2D eigenvalue weighted by atomic mass is 16.1. The molecule has 2 atom stereocenters. The number of allylic oxidation sites excluding steroid dienone is 3. The second-order valence-electron chi connectivity index (χ2n) is 10.4. The van der Waals surface area contributed by atoms with Gasteiger partial charge in [0.05, 0.1) is 5.69 Å². The molecule has 1 fully saturated rings. The number of aromatic nitrogens is 3. The lowest BCUT2D eigenvalue weighted by Gasteiger charge is -2.11. The van der Waals surface area contributed by atoms with Gasteiger partial charge in [0.25, 0.3) is 0 Å². The van der Waals surface area contributed by atoms with Gasteiger partial charge in [-0.3, -0.25) is 4.79 Å². The number of Topliss-reactive ketones (excluding diaryl/α,β-unsaturated/α-hetero) is 1. The summed E-state index contributed by atoms with van der Waals surface area (Å²) in [6, 6.07) is 0. The molecule has 0 radical (unpaired) electrons. The summed E-state index contributed by atoms with van der Waals surface area (Å²) in [6.07, 6.45) is 7.54. The number of carbonyl (C=O) groups is 1. The molecule has 4 N–H and O–H groups in total. The van der Waals surface area contributed by atoms with Crippen LogP contribution in [0.25, 0.3) is 23.8 Å². The number of carbonyl (C=O) groups excluding carboxylic acids is 1. The normalized spacial score (nSPS) is 26.6. The highest BCUT2D eigenvalue weighted by Crippen LogP contribution is 2.44. The summed E-state index contributed by atoms with van der Waals surface area (Å²) in [7, 11) is 0. The molecule has 0 unspecified atom stereocenters. The van der Waals surface area contributed by atoms with E-state index in [0.29, 0.717) is 5.92 Å². The SMILES string of the molecule is Cc1c2[nH]c(c1C)/C=c1\[nH]/c(c(C)c1C)=C\c1[nH]c3c(c1C)C(=O)[C@H](C)/C3=C1\C[C@H](C)/C(=C/2)N1. The smallest absolute Gasteiger partial charge is 0.172 e. The molecule has 0 aromatic carbocycles. The van der Waals surface area contributed by atoms with Crippen LogP contribution in [0.4, 0.5) is 0 Å². The van der Waals surface area contributed by atoms with Gasteiger partial charge in [-0.15, -0.1) is 0 Å². The van der Waals surface area contributed by atoms with Gasteiger partial charge in [-0.05, 0) is 87.1 Å². The van der Waals surface area contributed by atoms with E-state index in [1.165, 1.54) is 33.6 Å². The van der Waals surface area contributed by atoms with Crippen LogP contribution in [0.15, 0.2) is 11.4 Å². The number of hydrogen-bond donors (Lipinski definition) is 4. The van der Waals surface area contributed by atoms with E-state index in [2.05, 4.69) is 80.0 Å². The van der Waals surface area contributed by atoms with Crippen LogP contribution in [0, 0.1) is 46.5 Å². The van der Waals surface area contributed by atoms with E-state index >= 15 is 0 Å². The second-order valence-corrected chi connectivity index (χ2v) is 10.4. The predicted molar refractivity (Wildman–Crippen MR) is 138 cm³/mol. The van der Waals surface area contributed by atoms with E-state index in [1.807, 2.05) is 6.92 Å². The molecule has 5 heterocycles. The minimum Gasteiger partial charge on any atom is -0.362 e. The van der Waals surface area contributed by atoms with Crippen molar-refractivity contribution in [1.29, 1.82) is 0 Å². The van der Waals surface area contributed by atoms with Gasteiger partial charge < -0.3 is 20.3 Å². The number of nitrogens with one attached hydrogen (secondary N) is 4. The van der Waals surface area contributed by atoms with Gasteiger partial charge in [0.15, 0.2) is 5.78 Å². The lowest BCUT2D eigenvalue weighted by molar-refractivity contribution is 0.0965. The van der Waals surface area contributed by atoms with Crippen molar-refractivity contribution in [3.8, 4) is 0 Å². The monoisotopic (exact) mass is 452 g/mol. The number of rotatable bonds is 0. The van der Waals surface area contributed by atoms with Gasteiger partial charge in [0.2, 0.25) is 0 Å². The zero-order valence-corrected chi connectivity index (χ0v) is 21.0. The topological polar surface area (TPSA) is 76.5 Å². The molecule has 3 aromatic heterocycles. The third kappa shape index (κ3) is 2.76. The Balaban J connectivity index is 1.72. The first kappa shape index (κ1) is 21.1. The van der Waals surface area contributed by atoms with Crippen LogP contribution in [0.1, 0.15) is 81.2 Å². The zero-order chi connectivity index (χ0) is 24.0. The lowest BCUT2D eigenvalue weighted by Crippen LogP contribution is -2.13. The summed E-state index contributed by atoms with van der Waals surface area (Å²) < 4.78 is 0. The van der Waals surface area contributed by atoms with E-state index in [4.69, 9.17) is 0 Å². The largest absolute Gasteiger partial charge is 0.362 e. The van der Waals surface area contributed by atoms with Crippen molar-refractivity contribution in [3.05, 3.63) is 78.2 Å². The molecule has 3 aromatic rings. The third-order valence-corrected chi connectivity index (χ3v) is 8.45. The minimum atomic E-state index is -0.140. The molecule has 174 valence electrons. The molecule has 5 nitrogen and oxygen atoms in total. The Morgan fingerprint density at radius 2 is 1.32 bits per heavy atom. The van der Waals surface area contributed by atoms with Crippen LogP contribution in [-0.4, -0.2) is 20.7 Å². The second kappa shape index (κ2) is 7.02. The first-order valence-electron chi connectivity index (χ1n) is 12.2. The standard InChI is InChI=1S/C29H32N4O/c1-12-8-25-26-18(7)29(34)27-17(6)24(33-28(26)27)11-23-16(5)15(4)22(32-23)10-21-14(3)13(2)20(31-21)9-19(12)30-25/h9-12,18,30-33H,8H2,1-7H3/b19-9-,22-10-,23-11-,26-25-/t12-,18+/m0/s1. The molecular weight excluding hydrogens is 420 g/mol. The molecule has 34 heavy (non-hydrogen) atoms. The summed E-state index contributed by atoms with van der Waals surface area (Å²) in [6.45, 7) is 15.0. The van der Waals surface area contributed by atoms with Crippen molar-refractivity contribution in [2.75, 3.05) is 0 Å². The number of fused-ring (bicyclic) bond motifs is 7. The Bertz CT molecular complexity index is 1600. The maximum absolute atomic E-state index is 13.4. The first-order chi connectivity index (χ1) is 16.2. The summed E-state index contributed by atoms with van der Waals surface area (Å²) in [4.78, 5) is 24.3. The average Bonchev–Trinajstić information content (AvgIpc) is 3.52. The number of H-pyrrole nitrogens is 3. The highest BCUT2D eigenvalue weighted by molar-refractivity contribution is 6.15. The predicted octanol–water partition coefficient (Wildman–Crippen LogP) is 4.40. The molecule has 3 aliphatic rings. The molecule has 1 aliphatic carbocycles. The highest BCUT2D eigenvalue weighted by Gasteiger charge is 2.39. The zero-order valence-electron chi connectivity index (χ0n) is 21.0. The van der Waals surface area contributed by atoms with Crippen molar-refractivity contribution in [1.82, 2.24) is 20.3 Å². The van der Waals surface area contributed by atoms with Crippen molar-refractivity contribution >= 4 is 29.6 Å². The average molecular weight is 453 g/mol. The summed E-state index contributed by atoms with van der Waals surface area (Å²) in [5, 5.41) is 5.89. The molecule has 1 saturated heterocycles. The third-order valence-electron chi connectivity index (χ3n) is 8.45. The summed E-state index contributed by atoms with van der Waals surface area (Å²) in [5.41, 5.74) is 14.6. The van der Waals surface area contributed by atoms with Crippen LogP contribution < -0.4 is 16.0 Å². The van der Waals surface area contributed by atoms with Crippen molar-refractivity contribution < 1.29 is 4.79 Å². The molecule has 0 saturated carbocycles. The Hall–Kier alpha value is -3.47. The maximum atomic E-state index is 13.4. The summed E-state index contributed by atoms with van der Waals surface area (Å²) >= 11 is 0. The van der Waals surface area contributed by atoms with Crippen molar-refractivity contribution in [3.63, 3.8) is 0 Å². The molecule has 5 heteroatoms. The van der Waals surface area contributed by atoms with Crippen LogP contribution in [0.5, 0.6) is 0 Å². The van der Waals surface area contributed by atoms with Gasteiger partial charge in [-0.25, -0.2) is 0 Å². The van der Waals surface area contributed by atoms with Gasteiger partial charge in [-0.1, -0.05) is 13.8 Å². The number of ketones is 1. The van der Waals surface area contributed by atoms with Crippen molar-refractivity contribution in [2.24, 2.45) is 11.8 Å². The van der Waals surface area contributed by atoms with E-state index in [1.54, 1.807) is 0 Å².